The summed E-state index contributed by atoms with van der Waals surface area (Å²) in [6.07, 6.45) is 5.88. The first-order chi connectivity index (χ1) is 11.5. The summed E-state index contributed by atoms with van der Waals surface area (Å²) >= 11 is 1.50. The fraction of sp³-hybridized carbons (Fsp3) is 0.438. The van der Waals surface area contributed by atoms with Gasteiger partial charge < -0.3 is 16.0 Å². The zero-order chi connectivity index (χ0) is 17.1. The van der Waals surface area contributed by atoms with Crippen LogP contribution in [0.3, 0.4) is 0 Å². The highest BCUT2D eigenvalue weighted by atomic mass is 32.1. The molecule has 24 heavy (non-hydrogen) atoms. The number of carbonyl (C=O) groups is 2. The summed E-state index contributed by atoms with van der Waals surface area (Å²) in [5.41, 5.74) is 6.32. The molecule has 0 saturated carbocycles. The van der Waals surface area contributed by atoms with Crippen LogP contribution in [0.25, 0.3) is 0 Å². The van der Waals surface area contributed by atoms with Crippen LogP contribution in [0.5, 0.6) is 0 Å². The van der Waals surface area contributed by atoms with E-state index < -0.39 is 6.03 Å². The van der Waals surface area contributed by atoms with Gasteiger partial charge in [-0.1, -0.05) is 6.07 Å². The molecule has 128 valence electrons. The number of nitrogens with zero attached hydrogens (tertiary/aromatic N) is 3. The molecule has 0 aromatic carbocycles. The number of aryl methyl sites for hydroxylation is 1. The summed E-state index contributed by atoms with van der Waals surface area (Å²) in [7, 11) is 1.87. The molecule has 3 heterocycles. The number of aromatic nitrogens is 2. The maximum absolute atomic E-state index is 12.8. The number of nitrogens with one attached hydrogen (secondary N) is 1. The van der Waals surface area contributed by atoms with E-state index in [9.17, 15) is 9.59 Å². The molecule has 2 aromatic heterocycles. The molecular weight excluding hydrogens is 326 g/mol. The van der Waals surface area contributed by atoms with E-state index in [1.165, 1.54) is 11.3 Å². The number of carbonyl (C=O) groups excluding carboxylic acids is 2. The Kier molecular flexibility index (Phi) is 4.84. The van der Waals surface area contributed by atoms with Gasteiger partial charge in [0.05, 0.1) is 24.7 Å². The van der Waals surface area contributed by atoms with Gasteiger partial charge in [-0.15, -0.1) is 11.3 Å². The van der Waals surface area contributed by atoms with Crippen LogP contribution in [0.4, 0.5) is 4.79 Å². The number of nitrogens with two attached hydrogens (primary N) is 1. The summed E-state index contributed by atoms with van der Waals surface area (Å²) in [5, 5.41) is 8.80. The van der Waals surface area contributed by atoms with Gasteiger partial charge in [0.25, 0.3) is 0 Å². The van der Waals surface area contributed by atoms with Crippen molar-refractivity contribution in [2.75, 3.05) is 6.54 Å². The average molecular weight is 347 g/mol. The number of amides is 3. The first-order valence-corrected chi connectivity index (χ1v) is 8.80. The quantitative estimate of drug-likeness (QED) is 0.865. The largest absolute Gasteiger partial charge is 0.352 e. The van der Waals surface area contributed by atoms with E-state index in [-0.39, 0.29) is 24.4 Å². The lowest BCUT2D eigenvalue weighted by Crippen LogP contribution is -2.38. The fourth-order valence-electron chi connectivity index (χ4n) is 3.20. The van der Waals surface area contributed by atoms with Crippen molar-refractivity contribution in [2.24, 2.45) is 12.8 Å². The van der Waals surface area contributed by atoms with Gasteiger partial charge in [0.1, 0.15) is 0 Å². The van der Waals surface area contributed by atoms with E-state index in [0.717, 1.165) is 29.8 Å². The molecule has 0 bridgehead atoms. The predicted molar refractivity (Wildman–Crippen MR) is 91.3 cm³/mol. The van der Waals surface area contributed by atoms with Crippen LogP contribution in [-0.4, -0.2) is 33.2 Å². The number of thiophene rings is 1. The van der Waals surface area contributed by atoms with E-state index in [0.29, 0.717) is 0 Å². The molecule has 3 N–H and O–H groups in total. The minimum absolute atomic E-state index is 0.0218. The molecule has 8 heteroatoms. The van der Waals surface area contributed by atoms with Crippen molar-refractivity contribution in [3.63, 3.8) is 0 Å². The Bertz CT molecular complexity index is 712. The second kappa shape index (κ2) is 7.04. The molecule has 3 rings (SSSR count). The molecule has 2 unspecified atom stereocenters. The zero-order valence-electron chi connectivity index (χ0n) is 13.5. The highest BCUT2D eigenvalue weighted by Crippen LogP contribution is 2.33. The maximum atomic E-state index is 12.8. The summed E-state index contributed by atoms with van der Waals surface area (Å²) in [6, 6.07) is 2.86. The molecule has 7 nitrogen and oxygen atoms in total. The first-order valence-electron chi connectivity index (χ1n) is 7.92. The van der Waals surface area contributed by atoms with Gasteiger partial charge >= 0.3 is 6.03 Å². The molecule has 1 fully saturated rings. The van der Waals surface area contributed by atoms with Crippen molar-refractivity contribution < 1.29 is 9.59 Å². The zero-order valence-corrected chi connectivity index (χ0v) is 14.3. The van der Waals surface area contributed by atoms with E-state index in [4.69, 9.17) is 5.73 Å². The van der Waals surface area contributed by atoms with Gasteiger partial charge in [0.2, 0.25) is 5.91 Å². The minimum Gasteiger partial charge on any atom is -0.352 e. The predicted octanol–water partition coefficient (Wildman–Crippen LogP) is 1.94. The van der Waals surface area contributed by atoms with Gasteiger partial charge in [-0.25, -0.2) is 4.79 Å². The number of primary amides is 1. The van der Waals surface area contributed by atoms with Crippen molar-refractivity contribution in [1.82, 2.24) is 20.0 Å². The Hall–Kier alpha value is -2.35. The third-order valence-electron chi connectivity index (χ3n) is 4.26. The Morgan fingerprint density at radius 1 is 1.54 bits per heavy atom. The maximum Gasteiger partial charge on any atom is 0.312 e. The van der Waals surface area contributed by atoms with Crippen LogP contribution in [0.2, 0.25) is 0 Å². The first kappa shape index (κ1) is 16.5. The lowest BCUT2D eigenvalue weighted by Gasteiger charge is -2.26. The second-order valence-corrected chi connectivity index (χ2v) is 6.95. The van der Waals surface area contributed by atoms with Crippen LogP contribution in [0.1, 0.15) is 41.8 Å². The number of likely N-dealkylation sites (tertiary alicyclic amines) is 1. The molecular formula is C16H21N5O2S. The fourth-order valence-corrected chi connectivity index (χ4v) is 3.98. The standard InChI is InChI=1S/C16H21N5O2S/c1-20-10-11(9-18-20)13-4-2-6-21(13)15(22)8-12(19-16(17)23)14-5-3-7-24-14/h3,5,7,9-10,12-13H,2,4,6,8H2,1H3,(H3,17,19,23). The van der Waals surface area contributed by atoms with Crippen molar-refractivity contribution in [3.05, 3.63) is 40.3 Å². The molecule has 1 aliphatic heterocycles. The van der Waals surface area contributed by atoms with Crippen molar-refractivity contribution in [1.29, 1.82) is 0 Å². The van der Waals surface area contributed by atoms with E-state index in [1.54, 1.807) is 4.68 Å². The molecule has 3 amide bonds. The van der Waals surface area contributed by atoms with Gasteiger partial charge in [0, 0.05) is 30.2 Å². The normalized spacial score (nSPS) is 18.5. The minimum atomic E-state index is -0.619. The Morgan fingerprint density at radius 2 is 2.38 bits per heavy atom. The molecule has 1 aliphatic rings. The number of rotatable bonds is 5. The third-order valence-corrected chi connectivity index (χ3v) is 5.25. The lowest BCUT2D eigenvalue weighted by molar-refractivity contribution is -0.132. The molecule has 0 spiro atoms. The number of urea groups is 1. The van der Waals surface area contributed by atoms with Crippen molar-refractivity contribution >= 4 is 23.3 Å². The Balaban J connectivity index is 1.73. The monoisotopic (exact) mass is 347 g/mol. The summed E-state index contributed by atoms with van der Waals surface area (Å²) in [6.45, 7) is 0.728. The van der Waals surface area contributed by atoms with E-state index in [1.807, 2.05) is 41.9 Å². The number of hydrogen-bond donors (Lipinski definition) is 2. The SMILES string of the molecule is Cn1cc(C2CCCN2C(=O)CC(NC(N)=O)c2cccs2)cn1. The molecule has 2 aromatic rings. The highest BCUT2D eigenvalue weighted by molar-refractivity contribution is 7.10. The lowest BCUT2D eigenvalue weighted by atomic mass is 10.1. The average Bonchev–Trinajstić information content (AvgIpc) is 3.27. The Morgan fingerprint density at radius 3 is 3.00 bits per heavy atom. The van der Waals surface area contributed by atoms with E-state index in [2.05, 4.69) is 10.4 Å². The van der Waals surface area contributed by atoms with Gasteiger partial charge in [-0.05, 0) is 24.3 Å². The van der Waals surface area contributed by atoms with Crippen LogP contribution in [0, 0.1) is 0 Å². The highest BCUT2D eigenvalue weighted by Gasteiger charge is 2.32. The summed E-state index contributed by atoms with van der Waals surface area (Å²) in [4.78, 5) is 26.9. The smallest absolute Gasteiger partial charge is 0.312 e. The van der Waals surface area contributed by atoms with Gasteiger partial charge in [-0.3, -0.25) is 9.48 Å². The van der Waals surface area contributed by atoms with Crippen LogP contribution in [-0.2, 0) is 11.8 Å². The molecule has 0 radical (unpaired) electrons. The Labute approximate surface area is 144 Å². The van der Waals surface area contributed by atoms with Gasteiger partial charge in [-0.2, -0.15) is 5.10 Å². The van der Waals surface area contributed by atoms with E-state index >= 15 is 0 Å². The van der Waals surface area contributed by atoms with Crippen LogP contribution < -0.4 is 11.1 Å². The number of hydrogen-bond acceptors (Lipinski definition) is 4. The molecule has 2 atom stereocenters. The van der Waals surface area contributed by atoms with Crippen LogP contribution in [0.15, 0.2) is 29.9 Å². The van der Waals surface area contributed by atoms with Crippen molar-refractivity contribution in [3.8, 4) is 0 Å². The molecule has 1 saturated heterocycles. The third kappa shape index (κ3) is 3.59. The topological polar surface area (TPSA) is 93.3 Å². The van der Waals surface area contributed by atoms with Gasteiger partial charge in [0.15, 0.2) is 0 Å². The summed E-state index contributed by atoms with van der Waals surface area (Å²) < 4.78 is 1.75. The van der Waals surface area contributed by atoms with Crippen molar-refractivity contribution in [2.45, 2.75) is 31.3 Å². The van der Waals surface area contributed by atoms with Crippen LogP contribution >= 0.6 is 11.3 Å². The summed E-state index contributed by atoms with van der Waals surface area (Å²) in [5.74, 6) is 0.0218. The second-order valence-electron chi connectivity index (χ2n) is 5.97. The molecule has 0 aliphatic carbocycles.